The smallest absolute Gasteiger partial charge is 0.179 e. The Bertz CT molecular complexity index is 495. The minimum Gasteiger partial charge on any atom is -0.489 e. The fourth-order valence-corrected chi connectivity index (χ4v) is 3.49. The van der Waals surface area contributed by atoms with Crippen LogP contribution in [0, 0.1) is 5.92 Å². The molecule has 0 saturated carbocycles. The summed E-state index contributed by atoms with van der Waals surface area (Å²) >= 11 is 6.38. The molecule has 1 aromatic rings. The Balaban J connectivity index is 1.98. The molecule has 2 unspecified atom stereocenters. The highest BCUT2D eigenvalue weighted by molar-refractivity contribution is 6.32. The largest absolute Gasteiger partial charge is 0.489 e. The molecular weight excluding hydrogens is 276 g/mol. The normalized spacial score (nSPS) is 26.6. The van der Waals surface area contributed by atoms with Crippen LogP contribution in [-0.4, -0.2) is 38.3 Å². The maximum atomic E-state index is 6.38. The summed E-state index contributed by atoms with van der Waals surface area (Å²) in [6.45, 7) is 3.09. The van der Waals surface area contributed by atoms with E-state index in [1.807, 2.05) is 6.07 Å². The number of halogens is 1. The number of nitrogens with zero attached hydrogens (tertiary/aromatic N) is 1. The molecule has 3 rings (SSSR count). The van der Waals surface area contributed by atoms with Crippen molar-refractivity contribution >= 4 is 11.6 Å². The van der Waals surface area contributed by atoms with Crippen LogP contribution in [0.15, 0.2) is 12.1 Å². The lowest BCUT2D eigenvalue weighted by Gasteiger charge is -2.26. The van der Waals surface area contributed by atoms with Gasteiger partial charge >= 0.3 is 0 Å². The van der Waals surface area contributed by atoms with Gasteiger partial charge in [0.15, 0.2) is 11.5 Å². The van der Waals surface area contributed by atoms with Gasteiger partial charge in [-0.3, -0.25) is 4.90 Å². The highest BCUT2D eigenvalue weighted by Crippen LogP contribution is 2.43. The number of hydrogen-bond donors (Lipinski definition) is 1. The highest BCUT2D eigenvalue weighted by Gasteiger charge is 2.33. The third kappa shape index (κ3) is 2.48. The number of likely N-dealkylation sites (tertiary alicyclic amines) is 1. The molecular formula is C15H21ClN2O2. The molecule has 0 aromatic heterocycles. The zero-order chi connectivity index (χ0) is 14.1. The van der Waals surface area contributed by atoms with E-state index >= 15 is 0 Å². The molecule has 2 atom stereocenters. The summed E-state index contributed by atoms with van der Waals surface area (Å²) in [4.78, 5) is 2.34. The van der Waals surface area contributed by atoms with E-state index in [-0.39, 0.29) is 0 Å². The summed E-state index contributed by atoms with van der Waals surface area (Å²) in [6.07, 6.45) is 2.01. The van der Waals surface area contributed by atoms with Crippen LogP contribution in [0.1, 0.15) is 24.4 Å². The van der Waals surface area contributed by atoms with E-state index in [1.165, 1.54) is 5.56 Å². The first-order valence-electron chi connectivity index (χ1n) is 7.20. The summed E-state index contributed by atoms with van der Waals surface area (Å²) in [6, 6.07) is 4.39. The van der Waals surface area contributed by atoms with Crippen molar-refractivity contribution < 1.29 is 9.47 Å². The lowest BCUT2D eigenvalue weighted by atomic mass is 9.93. The summed E-state index contributed by atoms with van der Waals surface area (Å²) in [7, 11) is 2.14. The van der Waals surface area contributed by atoms with Crippen molar-refractivity contribution in [2.24, 2.45) is 11.7 Å². The predicted molar refractivity (Wildman–Crippen MR) is 79.6 cm³/mol. The second kappa shape index (κ2) is 5.80. The monoisotopic (exact) mass is 296 g/mol. The van der Waals surface area contributed by atoms with Crippen molar-refractivity contribution in [2.45, 2.75) is 18.9 Å². The van der Waals surface area contributed by atoms with Crippen molar-refractivity contribution in [3.05, 3.63) is 22.7 Å². The third-order valence-corrected chi connectivity index (χ3v) is 4.52. The second-order valence-electron chi connectivity index (χ2n) is 5.59. The average molecular weight is 297 g/mol. The van der Waals surface area contributed by atoms with Crippen LogP contribution in [0.25, 0.3) is 0 Å². The lowest BCUT2D eigenvalue weighted by Crippen LogP contribution is -2.25. The molecule has 0 spiro atoms. The fourth-order valence-electron chi connectivity index (χ4n) is 3.22. The second-order valence-corrected chi connectivity index (χ2v) is 6.00. The zero-order valence-electron chi connectivity index (χ0n) is 11.8. The lowest BCUT2D eigenvalue weighted by molar-refractivity contribution is 0.277. The van der Waals surface area contributed by atoms with E-state index in [2.05, 4.69) is 18.0 Å². The molecule has 110 valence electrons. The number of nitrogens with two attached hydrogens (primary N) is 1. The van der Waals surface area contributed by atoms with Crippen LogP contribution in [0.5, 0.6) is 11.5 Å². The standard InChI is InChI=1S/C15H21ClN2O2/c1-18-4-3-10(9-17)14(18)11-7-12(16)15-13(8-11)19-5-2-6-20-15/h7-8,10,14H,2-6,9,17H2,1H3. The summed E-state index contributed by atoms with van der Waals surface area (Å²) in [5.74, 6) is 1.92. The van der Waals surface area contributed by atoms with E-state index in [0.29, 0.717) is 42.5 Å². The molecule has 2 aliphatic rings. The van der Waals surface area contributed by atoms with E-state index in [1.54, 1.807) is 0 Å². The Labute approximate surface area is 124 Å². The van der Waals surface area contributed by atoms with Crippen molar-refractivity contribution in [3.63, 3.8) is 0 Å². The zero-order valence-corrected chi connectivity index (χ0v) is 12.5. The van der Waals surface area contributed by atoms with Crippen LogP contribution in [-0.2, 0) is 0 Å². The van der Waals surface area contributed by atoms with Crippen molar-refractivity contribution in [1.29, 1.82) is 0 Å². The minimum atomic E-state index is 0.314. The van der Waals surface area contributed by atoms with Crippen LogP contribution < -0.4 is 15.2 Å². The molecule has 2 heterocycles. The summed E-state index contributed by atoms with van der Waals surface area (Å²) < 4.78 is 11.5. The Kier molecular flexibility index (Phi) is 4.06. The molecule has 4 nitrogen and oxygen atoms in total. The highest BCUT2D eigenvalue weighted by atomic mass is 35.5. The first-order valence-corrected chi connectivity index (χ1v) is 7.58. The van der Waals surface area contributed by atoms with Crippen molar-refractivity contribution in [1.82, 2.24) is 4.90 Å². The Morgan fingerprint density at radius 2 is 2.15 bits per heavy atom. The minimum absolute atomic E-state index is 0.314. The van der Waals surface area contributed by atoms with Gasteiger partial charge in [0.05, 0.1) is 18.2 Å². The SMILES string of the molecule is CN1CCC(CN)C1c1cc(Cl)c2c(c1)OCCCO2. The van der Waals surface area contributed by atoms with Crippen LogP contribution in [0.4, 0.5) is 0 Å². The predicted octanol–water partition coefficient (Wildman–Crippen LogP) is 2.45. The molecule has 0 aliphatic carbocycles. The molecule has 2 N–H and O–H groups in total. The number of ether oxygens (including phenoxy) is 2. The van der Waals surface area contributed by atoms with Crippen LogP contribution >= 0.6 is 11.6 Å². The van der Waals surface area contributed by atoms with Gasteiger partial charge in [0.25, 0.3) is 0 Å². The third-order valence-electron chi connectivity index (χ3n) is 4.24. The number of benzene rings is 1. The molecule has 1 fully saturated rings. The topological polar surface area (TPSA) is 47.7 Å². The molecule has 20 heavy (non-hydrogen) atoms. The molecule has 0 bridgehead atoms. The van der Waals surface area contributed by atoms with E-state index < -0.39 is 0 Å². The van der Waals surface area contributed by atoms with Crippen LogP contribution in [0.3, 0.4) is 0 Å². The van der Waals surface area contributed by atoms with Crippen molar-refractivity contribution in [3.8, 4) is 11.5 Å². The van der Waals surface area contributed by atoms with E-state index in [4.69, 9.17) is 26.8 Å². The Morgan fingerprint density at radius 1 is 1.35 bits per heavy atom. The molecule has 1 aromatic carbocycles. The maximum Gasteiger partial charge on any atom is 0.179 e. The van der Waals surface area contributed by atoms with Gasteiger partial charge in [-0.25, -0.2) is 0 Å². The first kappa shape index (κ1) is 14.0. The van der Waals surface area contributed by atoms with Gasteiger partial charge in [0.1, 0.15) is 0 Å². The number of rotatable bonds is 2. The first-order chi connectivity index (χ1) is 9.70. The van der Waals surface area contributed by atoms with E-state index in [9.17, 15) is 0 Å². The van der Waals surface area contributed by atoms with E-state index in [0.717, 1.165) is 25.1 Å². The van der Waals surface area contributed by atoms with Gasteiger partial charge in [-0.15, -0.1) is 0 Å². The maximum absolute atomic E-state index is 6.38. The van der Waals surface area contributed by atoms with Gasteiger partial charge in [-0.05, 0) is 50.2 Å². The summed E-state index contributed by atoms with van der Waals surface area (Å²) in [5, 5.41) is 0.635. The molecule has 5 heteroatoms. The molecule has 0 radical (unpaired) electrons. The van der Waals surface area contributed by atoms with Gasteiger partial charge in [0.2, 0.25) is 0 Å². The quantitative estimate of drug-likeness (QED) is 0.911. The Hall–Kier alpha value is -0.970. The number of fused-ring (bicyclic) bond motifs is 1. The van der Waals surface area contributed by atoms with Gasteiger partial charge in [-0.2, -0.15) is 0 Å². The Morgan fingerprint density at radius 3 is 2.95 bits per heavy atom. The van der Waals surface area contributed by atoms with Gasteiger partial charge < -0.3 is 15.2 Å². The fraction of sp³-hybridized carbons (Fsp3) is 0.600. The van der Waals surface area contributed by atoms with Crippen molar-refractivity contribution in [2.75, 3.05) is 33.4 Å². The molecule has 1 saturated heterocycles. The molecule has 2 aliphatic heterocycles. The van der Waals surface area contributed by atoms with Gasteiger partial charge in [-0.1, -0.05) is 11.6 Å². The van der Waals surface area contributed by atoms with Gasteiger partial charge in [0, 0.05) is 12.5 Å². The van der Waals surface area contributed by atoms with Crippen LogP contribution in [0.2, 0.25) is 5.02 Å². The number of hydrogen-bond acceptors (Lipinski definition) is 4. The molecule has 0 amide bonds. The summed E-state index contributed by atoms with van der Waals surface area (Å²) in [5.41, 5.74) is 7.08. The average Bonchev–Trinajstić information content (AvgIpc) is 2.66.